The molecular weight excluding hydrogens is 274 g/mol. The highest BCUT2D eigenvalue weighted by atomic mass is 16.5. The van der Waals surface area contributed by atoms with E-state index in [2.05, 4.69) is 0 Å². The van der Waals surface area contributed by atoms with Crippen molar-refractivity contribution in [2.45, 2.75) is 57.9 Å². The van der Waals surface area contributed by atoms with Gasteiger partial charge in [0.2, 0.25) is 17.7 Å². The van der Waals surface area contributed by atoms with Crippen molar-refractivity contribution in [2.24, 2.45) is 11.7 Å². The zero-order chi connectivity index (χ0) is 16.0. The number of hydrogen-bond acceptors (Lipinski definition) is 4. The summed E-state index contributed by atoms with van der Waals surface area (Å²) in [6.07, 6.45) is 3.43. The molecule has 0 aromatic carbocycles. The van der Waals surface area contributed by atoms with Crippen LogP contribution in [0.4, 0.5) is 0 Å². The Bertz CT molecular complexity index is 413. The van der Waals surface area contributed by atoms with Gasteiger partial charge in [-0.05, 0) is 26.2 Å². The summed E-state index contributed by atoms with van der Waals surface area (Å²) < 4.78 is 0. The molecule has 2 atom stereocenters. The predicted molar refractivity (Wildman–Crippen MR) is 76.1 cm³/mol. The van der Waals surface area contributed by atoms with Crippen molar-refractivity contribution in [1.82, 2.24) is 10.4 Å². The molecule has 1 fully saturated rings. The Balaban J connectivity index is 2.88. The van der Waals surface area contributed by atoms with E-state index < -0.39 is 23.3 Å². The van der Waals surface area contributed by atoms with Crippen LogP contribution in [0.2, 0.25) is 0 Å². The number of primary amides is 1. The van der Waals surface area contributed by atoms with Crippen molar-refractivity contribution in [3.63, 3.8) is 0 Å². The Morgan fingerprint density at radius 3 is 2.62 bits per heavy atom. The fourth-order valence-corrected chi connectivity index (χ4v) is 2.83. The first-order valence-corrected chi connectivity index (χ1v) is 7.41. The summed E-state index contributed by atoms with van der Waals surface area (Å²) >= 11 is 0. The van der Waals surface area contributed by atoms with Gasteiger partial charge in [0.25, 0.3) is 0 Å². The molecule has 1 rings (SSSR count). The second-order valence-electron chi connectivity index (χ2n) is 5.81. The second kappa shape index (κ2) is 7.40. The molecule has 21 heavy (non-hydrogen) atoms. The van der Waals surface area contributed by atoms with E-state index in [0.717, 1.165) is 19.3 Å². The molecule has 120 valence electrons. The van der Waals surface area contributed by atoms with Gasteiger partial charge in [0.15, 0.2) is 0 Å². The van der Waals surface area contributed by atoms with Gasteiger partial charge >= 0.3 is 0 Å². The van der Waals surface area contributed by atoms with Gasteiger partial charge in [-0.2, -0.15) is 0 Å². The monoisotopic (exact) mass is 299 g/mol. The highest BCUT2D eigenvalue weighted by Crippen LogP contribution is 2.31. The summed E-state index contributed by atoms with van der Waals surface area (Å²) in [6, 6.07) is 0. The molecule has 0 spiro atoms. The molecule has 1 aliphatic heterocycles. The van der Waals surface area contributed by atoms with E-state index in [0.29, 0.717) is 19.4 Å². The van der Waals surface area contributed by atoms with Crippen LogP contribution in [-0.2, 0) is 14.4 Å². The number of unbranched alkanes of at least 4 members (excludes halogenated alkanes) is 1. The second-order valence-corrected chi connectivity index (χ2v) is 5.81. The minimum atomic E-state index is -0.975. The van der Waals surface area contributed by atoms with Crippen molar-refractivity contribution in [3.8, 4) is 0 Å². The van der Waals surface area contributed by atoms with E-state index in [1.54, 1.807) is 12.4 Å². The van der Waals surface area contributed by atoms with Crippen molar-refractivity contribution in [3.05, 3.63) is 0 Å². The van der Waals surface area contributed by atoms with E-state index in [1.807, 2.05) is 6.92 Å². The van der Waals surface area contributed by atoms with E-state index in [-0.39, 0.29) is 12.3 Å². The van der Waals surface area contributed by atoms with E-state index in [4.69, 9.17) is 10.9 Å². The van der Waals surface area contributed by atoms with Gasteiger partial charge in [-0.1, -0.05) is 19.8 Å². The molecule has 0 aromatic heterocycles. The summed E-state index contributed by atoms with van der Waals surface area (Å²) in [5.41, 5.74) is 6.02. The molecule has 4 N–H and O–H groups in total. The number of carbonyl (C=O) groups excluding carboxylic acids is 3. The molecule has 1 aliphatic rings. The Hall–Kier alpha value is -1.63. The topological polar surface area (TPSA) is 113 Å². The molecule has 1 saturated heterocycles. The van der Waals surface area contributed by atoms with Gasteiger partial charge in [-0.15, -0.1) is 0 Å². The van der Waals surface area contributed by atoms with Crippen LogP contribution in [0.1, 0.15) is 52.4 Å². The Kier molecular flexibility index (Phi) is 6.14. The SMILES string of the molecule is CCCC[C@H](CC(=O)NO)C(=O)N1CCC[C@@]1(C)C(N)=O. The van der Waals surface area contributed by atoms with Crippen molar-refractivity contribution in [1.29, 1.82) is 0 Å². The first kappa shape index (κ1) is 17.4. The maximum absolute atomic E-state index is 12.7. The van der Waals surface area contributed by atoms with Crippen LogP contribution in [-0.4, -0.2) is 39.9 Å². The number of hydroxylamine groups is 1. The van der Waals surface area contributed by atoms with Gasteiger partial charge in [0.05, 0.1) is 0 Å². The lowest BCUT2D eigenvalue weighted by Crippen LogP contribution is -2.55. The zero-order valence-electron chi connectivity index (χ0n) is 12.7. The fourth-order valence-electron chi connectivity index (χ4n) is 2.83. The smallest absolute Gasteiger partial charge is 0.244 e. The molecule has 0 aliphatic carbocycles. The molecule has 0 aromatic rings. The lowest BCUT2D eigenvalue weighted by Gasteiger charge is -2.34. The number of likely N-dealkylation sites (tertiary alicyclic amines) is 1. The third-order valence-electron chi connectivity index (χ3n) is 4.25. The number of rotatable bonds is 7. The molecular formula is C14H25N3O4. The lowest BCUT2D eigenvalue weighted by molar-refractivity contribution is -0.148. The van der Waals surface area contributed by atoms with Crippen LogP contribution < -0.4 is 11.2 Å². The summed E-state index contributed by atoms with van der Waals surface area (Å²) in [7, 11) is 0. The molecule has 0 bridgehead atoms. The average molecular weight is 299 g/mol. The van der Waals surface area contributed by atoms with Gasteiger partial charge in [-0.25, -0.2) is 5.48 Å². The van der Waals surface area contributed by atoms with Crippen LogP contribution >= 0.6 is 0 Å². The van der Waals surface area contributed by atoms with E-state index in [1.165, 1.54) is 4.90 Å². The van der Waals surface area contributed by atoms with Gasteiger partial charge in [0.1, 0.15) is 5.54 Å². The number of nitrogens with two attached hydrogens (primary N) is 1. The van der Waals surface area contributed by atoms with Crippen LogP contribution in [0.25, 0.3) is 0 Å². The highest BCUT2D eigenvalue weighted by Gasteiger charge is 2.46. The average Bonchev–Trinajstić information content (AvgIpc) is 2.85. The molecule has 1 heterocycles. The molecule has 7 heteroatoms. The summed E-state index contributed by atoms with van der Waals surface area (Å²) in [5, 5.41) is 8.65. The minimum Gasteiger partial charge on any atom is -0.368 e. The standard InChI is InChI=1S/C14H25N3O4/c1-3-4-6-10(9-11(18)16-21)12(19)17-8-5-7-14(17,2)13(15)20/h10,21H,3-9H2,1-2H3,(H2,15,20)(H,16,18)/t10-,14+/m1/s1. The maximum Gasteiger partial charge on any atom is 0.244 e. The Morgan fingerprint density at radius 1 is 1.43 bits per heavy atom. The molecule has 0 unspecified atom stereocenters. The van der Waals surface area contributed by atoms with Crippen LogP contribution in [0.15, 0.2) is 0 Å². The molecule has 0 radical (unpaired) electrons. The fraction of sp³-hybridized carbons (Fsp3) is 0.786. The minimum absolute atomic E-state index is 0.0827. The number of amides is 3. The van der Waals surface area contributed by atoms with Crippen LogP contribution in [0, 0.1) is 5.92 Å². The van der Waals surface area contributed by atoms with E-state index in [9.17, 15) is 14.4 Å². The first-order valence-electron chi connectivity index (χ1n) is 7.41. The van der Waals surface area contributed by atoms with Crippen molar-refractivity contribution in [2.75, 3.05) is 6.54 Å². The summed E-state index contributed by atoms with van der Waals surface area (Å²) in [4.78, 5) is 37.2. The van der Waals surface area contributed by atoms with Crippen LogP contribution in [0.3, 0.4) is 0 Å². The van der Waals surface area contributed by atoms with Crippen LogP contribution in [0.5, 0.6) is 0 Å². The maximum atomic E-state index is 12.7. The van der Waals surface area contributed by atoms with E-state index >= 15 is 0 Å². The summed E-state index contributed by atoms with van der Waals surface area (Å²) in [6.45, 7) is 4.14. The van der Waals surface area contributed by atoms with Crippen molar-refractivity contribution >= 4 is 17.7 Å². The Labute approximate surface area is 124 Å². The largest absolute Gasteiger partial charge is 0.368 e. The number of nitrogens with zero attached hydrogens (tertiary/aromatic N) is 1. The lowest BCUT2D eigenvalue weighted by atomic mass is 9.92. The zero-order valence-corrected chi connectivity index (χ0v) is 12.7. The first-order chi connectivity index (χ1) is 9.86. The quantitative estimate of drug-likeness (QED) is 0.470. The Morgan fingerprint density at radius 2 is 2.10 bits per heavy atom. The number of carbonyl (C=O) groups is 3. The van der Waals surface area contributed by atoms with Crippen molar-refractivity contribution < 1.29 is 19.6 Å². The van der Waals surface area contributed by atoms with Gasteiger partial charge < -0.3 is 10.6 Å². The predicted octanol–water partition coefficient (Wildman–Crippen LogP) is 0.555. The molecule has 7 nitrogen and oxygen atoms in total. The summed E-state index contributed by atoms with van der Waals surface area (Å²) in [5.74, 6) is -1.88. The van der Waals surface area contributed by atoms with Gasteiger partial charge in [0, 0.05) is 18.9 Å². The van der Waals surface area contributed by atoms with Gasteiger partial charge in [-0.3, -0.25) is 19.6 Å². The highest BCUT2D eigenvalue weighted by molar-refractivity contribution is 5.92. The molecule has 3 amide bonds. The third-order valence-corrected chi connectivity index (χ3v) is 4.25. The number of hydrogen-bond donors (Lipinski definition) is 3. The third kappa shape index (κ3) is 3.93. The number of nitrogens with one attached hydrogen (secondary N) is 1. The molecule has 0 saturated carbocycles. The normalized spacial score (nSPS) is 22.9.